The van der Waals surface area contributed by atoms with E-state index in [2.05, 4.69) is 4.74 Å². The lowest BCUT2D eigenvalue weighted by atomic mass is 10.2. The van der Waals surface area contributed by atoms with E-state index in [9.17, 15) is 13.2 Å². The van der Waals surface area contributed by atoms with Crippen LogP contribution < -0.4 is 0 Å². The second kappa shape index (κ2) is 7.99. The number of ether oxygens (including phenoxy) is 1. The van der Waals surface area contributed by atoms with Crippen LogP contribution in [-0.2, 0) is 26.1 Å². The van der Waals surface area contributed by atoms with Gasteiger partial charge in [0, 0.05) is 11.6 Å². The van der Waals surface area contributed by atoms with Crippen LogP contribution in [0, 0.1) is 13.8 Å². The first-order valence-corrected chi connectivity index (χ1v) is 9.44. The van der Waals surface area contributed by atoms with Gasteiger partial charge in [-0.2, -0.15) is 4.31 Å². The van der Waals surface area contributed by atoms with Crippen molar-refractivity contribution in [1.29, 1.82) is 0 Å². The highest BCUT2D eigenvalue weighted by Crippen LogP contribution is 2.23. The van der Waals surface area contributed by atoms with Crippen LogP contribution in [0.1, 0.15) is 16.7 Å². The quantitative estimate of drug-likeness (QED) is 0.720. The average molecular weight is 382 g/mol. The van der Waals surface area contributed by atoms with Crippen molar-refractivity contribution in [2.45, 2.75) is 25.3 Å². The second-order valence-corrected chi connectivity index (χ2v) is 8.09. The van der Waals surface area contributed by atoms with E-state index in [4.69, 9.17) is 11.6 Å². The average Bonchev–Trinajstić information content (AvgIpc) is 2.55. The van der Waals surface area contributed by atoms with E-state index in [1.165, 1.54) is 7.11 Å². The summed E-state index contributed by atoms with van der Waals surface area (Å²) in [4.78, 5) is 11.9. The third kappa shape index (κ3) is 4.81. The molecule has 2 rings (SSSR count). The van der Waals surface area contributed by atoms with Gasteiger partial charge < -0.3 is 4.74 Å². The summed E-state index contributed by atoms with van der Waals surface area (Å²) in [6, 6.07) is 11.9. The first-order chi connectivity index (χ1) is 11.7. The normalized spacial score (nSPS) is 11.6. The lowest BCUT2D eigenvalue weighted by Crippen LogP contribution is -2.36. The van der Waals surface area contributed by atoms with Gasteiger partial charge in [0.2, 0.25) is 10.0 Å². The SMILES string of the molecule is COC(=O)CN(Cc1ccc(Cl)cc1)S(=O)(=O)c1ccc(C)cc1C. The molecule has 0 radical (unpaired) electrons. The highest BCUT2D eigenvalue weighted by Gasteiger charge is 2.28. The molecule has 0 amide bonds. The summed E-state index contributed by atoms with van der Waals surface area (Å²) in [5.74, 6) is -0.623. The Balaban J connectivity index is 2.42. The summed E-state index contributed by atoms with van der Waals surface area (Å²) in [7, 11) is -2.63. The molecule has 0 unspecified atom stereocenters. The van der Waals surface area contributed by atoms with Crippen LogP contribution in [-0.4, -0.2) is 32.3 Å². The van der Waals surface area contributed by atoms with Crippen molar-refractivity contribution in [3.8, 4) is 0 Å². The van der Waals surface area contributed by atoms with Gasteiger partial charge in [-0.3, -0.25) is 4.79 Å². The molecule has 5 nitrogen and oxygen atoms in total. The van der Waals surface area contributed by atoms with Gasteiger partial charge in [0.25, 0.3) is 0 Å². The van der Waals surface area contributed by atoms with E-state index in [0.717, 1.165) is 15.4 Å². The van der Waals surface area contributed by atoms with Crippen molar-refractivity contribution in [1.82, 2.24) is 4.31 Å². The maximum absolute atomic E-state index is 13.1. The molecule has 0 aliphatic carbocycles. The minimum absolute atomic E-state index is 0.0436. The Bertz CT molecular complexity index is 863. The van der Waals surface area contributed by atoms with Gasteiger partial charge in [-0.15, -0.1) is 0 Å². The van der Waals surface area contributed by atoms with Crippen LogP contribution in [0.5, 0.6) is 0 Å². The molecule has 134 valence electrons. The molecule has 0 fully saturated rings. The molecule has 25 heavy (non-hydrogen) atoms. The number of hydrogen-bond donors (Lipinski definition) is 0. The minimum Gasteiger partial charge on any atom is -0.468 e. The van der Waals surface area contributed by atoms with Gasteiger partial charge >= 0.3 is 5.97 Å². The smallest absolute Gasteiger partial charge is 0.321 e. The van der Waals surface area contributed by atoms with Crippen LogP contribution in [0.2, 0.25) is 5.02 Å². The van der Waals surface area contributed by atoms with Gasteiger partial charge in [-0.25, -0.2) is 8.42 Å². The summed E-state index contributed by atoms with van der Waals surface area (Å²) in [6.07, 6.45) is 0. The van der Waals surface area contributed by atoms with Crippen molar-refractivity contribution >= 4 is 27.6 Å². The lowest BCUT2D eigenvalue weighted by Gasteiger charge is -2.22. The number of methoxy groups -OCH3 is 1. The van der Waals surface area contributed by atoms with Gasteiger partial charge in [-0.1, -0.05) is 41.4 Å². The number of sulfonamides is 1. The first kappa shape index (κ1) is 19.4. The topological polar surface area (TPSA) is 63.7 Å². The van der Waals surface area contributed by atoms with Gasteiger partial charge in [0.05, 0.1) is 12.0 Å². The molecule has 2 aromatic rings. The molecular formula is C18H20ClNO4S. The predicted octanol–water partition coefficient (Wildman–Crippen LogP) is 3.32. The Morgan fingerprint density at radius 1 is 1.12 bits per heavy atom. The van der Waals surface area contributed by atoms with Crippen molar-refractivity contribution in [2.24, 2.45) is 0 Å². The van der Waals surface area contributed by atoms with Gasteiger partial charge in [-0.05, 0) is 43.2 Å². The second-order valence-electron chi connectivity index (χ2n) is 5.74. The molecule has 0 heterocycles. The van der Waals surface area contributed by atoms with E-state index in [1.54, 1.807) is 49.4 Å². The van der Waals surface area contributed by atoms with Crippen LogP contribution in [0.25, 0.3) is 0 Å². The third-order valence-electron chi connectivity index (χ3n) is 3.75. The van der Waals surface area contributed by atoms with Crippen LogP contribution >= 0.6 is 11.6 Å². The fourth-order valence-electron chi connectivity index (χ4n) is 2.46. The fourth-order valence-corrected chi connectivity index (χ4v) is 4.16. The number of esters is 1. The molecule has 2 aromatic carbocycles. The van der Waals surface area contributed by atoms with Crippen molar-refractivity contribution in [2.75, 3.05) is 13.7 Å². The predicted molar refractivity (Wildman–Crippen MR) is 97.0 cm³/mol. The molecule has 0 aliphatic rings. The summed E-state index contributed by atoms with van der Waals surface area (Å²) in [5, 5.41) is 0.556. The molecule has 0 spiro atoms. The monoisotopic (exact) mass is 381 g/mol. The number of rotatable bonds is 6. The van der Waals surface area contributed by atoms with Crippen molar-refractivity contribution in [3.05, 3.63) is 64.2 Å². The van der Waals surface area contributed by atoms with Crippen molar-refractivity contribution < 1.29 is 17.9 Å². The zero-order chi connectivity index (χ0) is 18.6. The largest absolute Gasteiger partial charge is 0.468 e. The van der Waals surface area contributed by atoms with E-state index in [0.29, 0.717) is 10.6 Å². The van der Waals surface area contributed by atoms with E-state index in [-0.39, 0.29) is 18.0 Å². The highest BCUT2D eigenvalue weighted by atomic mass is 35.5. The Morgan fingerprint density at radius 3 is 2.32 bits per heavy atom. The summed E-state index contributed by atoms with van der Waals surface area (Å²) in [5.41, 5.74) is 2.32. The number of halogens is 1. The highest BCUT2D eigenvalue weighted by molar-refractivity contribution is 7.89. The Morgan fingerprint density at radius 2 is 1.76 bits per heavy atom. The molecule has 0 N–H and O–H groups in total. The van der Waals surface area contributed by atoms with Crippen LogP contribution in [0.15, 0.2) is 47.4 Å². The van der Waals surface area contributed by atoms with Gasteiger partial charge in [0.1, 0.15) is 6.54 Å². The number of hydrogen-bond acceptors (Lipinski definition) is 4. The van der Waals surface area contributed by atoms with E-state index < -0.39 is 16.0 Å². The maximum Gasteiger partial charge on any atom is 0.321 e. The maximum atomic E-state index is 13.1. The van der Waals surface area contributed by atoms with E-state index >= 15 is 0 Å². The minimum atomic E-state index is -3.86. The Labute approximate surface area is 153 Å². The summed E-state index contributed by atoms with van der Waals surface area (Å²) >= 11 is 5.87. The molecule has 0 aromatic heterocycles. The number of benzene rings is 2. The Hall–Kier alpha value is -1.89. The third-order valence-corrected chi connectivity index (χ3v) is 5.96. The number of carbonyl (C=O) groups excluding carboxylic acids is 1. The molecule has 0 saturated carbocycles. The molecule has 0 atom stereocenters. The first-order valence-electron chi connectivity index (χ1n) is 7.62. The zero-order valence-electron chi connectivity index (χ0n) is 14.3. The Kier molecular flexibility index (Phi) is 6.21. The standard InChI is InChI=1S/C18H20ClNO4S/c1-13-4-9-17(14(2)10-13)25(22,23)20(12-18(21)24-3)11-15-5-7-16(19)8-6-15/h4-10H,11-12H2,1-3H3. The fraction of sp³-hybridized carbons (Fsp3) is 0.278. The molecular weight excluding hydrogens is 362 g/mol. The number of carbonyl (C=O) groups is 1. The molecule has 0 bridgehead atoms. The van der Waals surface area contributed by atoms with Crippen LogP contribution in [0.3, 0.4) is 0 Å². The van der Waals surface area contributed by atoms with E-state index in [1.807, 2.05) is 6.92 Å². The van der Waals surface area contributed by atoms with Gasteiger partial charge in [0.15, 0.2) is 0 Å². The summed E-state index contributed by atoms with van der Waals surface area (Å²) < 4.78 is 31.9. The molecule has 0 saturated heterocycles. The zero-order valence-corrected chi connectivity index (χ0v) is 15.9. The summed E-state index contributed by atoms with van der Waals surface area (Å²) in [6.45, 7) is 3.30. The molecule has 7 heteroatoms. The number of nitrogens with zero attached hydrogens (tertiary/aromatic N) is 1. The van der Waals surface area contributed by atoms with Crippen LogP contribution in [0.4, 0.5) is 0 Å². The van der Waals surface area contributed by atoms with Crippen molar-refractivity contribution in [3.63, 3.8) is 0 Å². The number of aryl methyl sites for hydroxylation is 2. The molecule has 0 aliphatic heterocycles. The lowest BCUT2D eigenvalue weighted by molar-refractivity contribution is -0.140.